The van der Waals surface area contributed by atoms with Gasteiger partial charge in [0.15, 0.2) is 6.61 Å². The van der Waals surface area contributed by atoms with Gasteiger partial charge in [-0.25, -0.2) is 5.01 Å². The quantitative estimate of drug-likeness (QED) is 0.465. The molecule has 0 saturated heterocycles. The lowest BCUT2D eigenvalue weighted by Crippen LogP contribution is -2.44. The van der Waals surface area contributed by atoms with Gasteiger partial charge in [0.1, 0.15) is 5.75 Å². The normalized spacial score (nSPS) is 12.3. The van der Waals surface area contributed by atoms with E-state index in [1.807, 2.05) is 54.6 Å². The molecule has 1 aliphatic rings. The summed E-state index contributed by atoms with van der Waals surface area (Å²) in [6.45, 7) is 0.188. The van der Waals surface area contributed by atoms with Gasteiger partial charge < -0.3 is 4.74 Å². The van der Waals surface area contributed by atoms with Crippen LogP contribution in [0.2, 0.25) is 0 Å². The van der Waals surface area contributed by atoms with Crippen LogP contribution in [-0.2, 0) is 14.4 Å². The third kappa shape index (κ3) is 7.02. The second kappa shape index (κ2) is 12.1. The van der Waals surface area contributed by atoms with Crippen molar-refractivity contribution >= 4 is 23.4 Å². The highest BCUT2D eigenvalue weighted by atomic mass is 16.5. The number of hydrazine groups is 1. The minimum absolute atomic E-state index is 0.0185. The highest BCUT2D eigenvalue weighted by Crippen LogP contribution is 2.22. The Morgan fingerprint density at radius 2 is 1.49 bits per heavy atom. The number of hydrogen-bond donors (Lipinski definition) is 2. The number of hydrogen-bond acceptors (Lipinski definition) is 6. The van der Waals surface area contributed by atoms with Gasteiger partial charge in [-0.05, 0) is 41.0 Å². The van der Waals surface area contributed by atoms with Gasteiger partial charge >= 0.3 is 0 Å². The molecule has 2 N–H and O–H groups in total. The van der Waals surface area contributed by atoms with Gasteiger partial charge in [-0.2, -0.15) is 10.4 Å². The van der Waals surface area contributed by atoms with Crippen molar-refractivity contribution in [3.63, 3.8) is 0 Å². The number of benzene rings is 3. The summed E-state index contributed by atoms with van der Waals surface area (Å²) < 4.78 is 5.46. The minimum Gasteiger partial charge on any atom is -0.484 e. The molecule has 4 rings (SSSR count). The Morgan fingerprint density at radius 1 is 0.838 bits per heavy atom. The molecular formula is C28H25N5O4. The van der Waals surface area contributed by atoms with Gasteiger partial charge in [0.2, 0.25) is 11.8 Å². The van der Waals surface area contributed by atoms with Crippen molar-refractivity contribution in [2.75, 3.05) is 13.2 Å². The van der Waals surface area contributed by atoms with Crippen LogP contribution in [0.5, 0.6) is 5.75 Å². The predicted molar refractivity (Wildman–Crippen MR) is 137 cm³/mol. The van der Waals surface area contributed by atoms with Gasteiger partial charge in [0.25, 0.3) is 5.91 Å². The molecule has 3 aromatic carbocycles. The molecule has 9 nitrogen and oxygen atoms in total. The Hall–Kier alpha value is -4.97. The molecule has 0 aliphatic carbocycles. The Morgan fingerprint density at radius 3 is 2.16 bits per heavy atom. The fourth-order valence-corrected chi connectivity index (χ4v) is 3.69. The Kier molecular flexibility index (Phi) is 8.24. The van der Waals surface area contributed by atoms with Crippen LogP contribution in [0.3, 0.4) is 0 Å². The van der Waals surface area contributed by atoms with Crippen molar-refractivity contribution < 1.29 is 19.1 Å². The Labute approximate surface area is 214 Å². The van der Waals surface area contributed by atoms with E-state index in [2.05, 4.69) is 22.0 Å². The first-order valence-electron chi connectivity index (χ1n) is 11.8. The molecule has 37 heavy (non-hydrogen) atoms. The minimum atomic E-state index is -0.535. The molecule has 3 amide bonds. The third-order valence-electron chi connectivity index (χ3n) is 5.68. The van der Waals surface area contributed by atoms with E-state index in [0.29, 0.717) is 24.3 Å². The van der Waals surface area contributed by atoms with Crippen LogP contribution in [0.1, 0.15) is 30.4 Å². The largest absolute Gasteiger partial charge is 0.484 e. The summed E-state index contributed by atoms with van der Waals surface area (Å²) >= 11 is 0. The SMILES string of the molecule is N#Cc1ccc(-c2ccc(OCC(=O)NNC(=O)CCC(=O)N3CCC(c4ccccc4)=N3)cc2)cc1. The zero-order chi connectivity index (χ0) is 26.0. The summed E-state index contributed by atoms with van der Waals surface area (Å²) in [4.78, 5) is 36.5. The van der Waals surface area contributed by atoms with Gasteiger partial charge in [-0.15, -0.1) is 0 Å². The van der Waals surface area contributed by atoms with Crippen LogP contribution in [0.25, 0.3) is 11.1 Å². The first-order chi connectivity index (χ1) is 18.0. The van der Waals surface area contributed by atoms with E-state index in [4.69, 9.17) is 10.00 Å². The topological polar surface area (TPSA) is 124 Å². The molecule has 0 saturated carbocycles. The molecule has 0 unspecified atom stereocenters. The van der Waals surface area contributed by atoms with Gasteiger partial charge in [-0.3, -0.25) is 25.2 Å². The van der Waals surface area contributed by atoms with Crippen LogP contribution in [0.4, 0.5) is 0 Å². The number of nitriles is 1. The van der Waals surface area contributed by atoms with Crippen molar-refractivity contribution in [3.8, 4) is 22.9 Å². The zero-order valence-electron chi connectivity index (χ0n) is 20.0. The molecular weight excluding hydrogens is 470 g/mol. The number of nitrogens with zero attached hydrogens (tertiary/aromatic N) is 3. The fraction of sp³-hybridized carbons (Fsp3) is 0.179. The Bertz CT molecular complexity index is 1330. The number of ether oxygens (including phenoxy) is 1. The number of amides is 3. The molecule has 0 bridgehead atoms. The van der Waals surface area contributed by atoms with Crippen LogP contribution in [0, 0.1) is 11.3 Å². The summed E-state index contributed by atoms with van der Waals surface area (Å²) in [7, 11) is 0. The Balaban J connectivity index is 1.15. The molecule has 0 atom stereocenters. The maximum Gasteiger partial charge on any atom is 0.276 e. The van der Waals surface area contributed by atoms with Crippen molar-refractivity contribution in [2.45, 2.75) is 19.3 Å². The average molecular weight is 496 g/mol. The third-order valence-corrected chi connectivity index (χ3v) is 5.68. The van der Waals surface area contributed by atoms with Crippen LogP contribution in [0.15, 0.2) is 84.0 Å². The second-order valence-corrected chi connectivity index (χ2v) is 8.28. The summed E-state index contributed by atoms with van der Waals surface area (Å²) in [6, 6.07) is 26.1. The smallest absolute Gasteiger partial charge is 0.276 e. The lowest BCUT2D eigenvalue weighted by atomic mass is 10.0. The first-order valence-corrected chi connectivity index (χ1v) is 11.8. The van der Waals surface area contributed by atoms with E-state index < -0.39 is 11.8 Å². The monoisotopic (exact) mass is 495 g/mol. The highest BCUT2D eigenvalue weighted by molar-refractivity contribution is 6.02. The molecule has 1 aliphatic heterocycles. The van der Waals surface area contributed by atoms with Crippen LogP contribution >= 0.6 is 0 Å². The fourth-order valence-electron chi connectivity index (χ4n) is 3.69. The molecule has 9 heteroatoms. The number of nitrogens with one attached hydrogen (secondary N) is 2. The average Bonchev–Trinajstić information content (AvgIpc) is 3.45. The molecule has 0 fully saturated rings. The highest BCUT2D eigenvalue weighted by Gasteiger charge is 2.22. The second-order valence-electron chi connectivity index (χ2n) is 8.28. The van der Waals surface area contributed by atoms with Crippen molar-refractivity contribution in [1.29, 1.82) is 5.26 Å². The van der Waals surface area contributed by atoms with E-state index >= 15 is 0 Å². The van der Waals surface area contributed by atoms with E-state index in [0.717, 1.165) is 22.4 Å². The van der Waals surface area contributed by atoms with E-state index in [1.165, 1.54) is 5.01 Å². The lowest BCUT2D eigenvalue weighted by molar-refractivity contribution is -0.134. The number of rotatable bonds is 8. The van der Waals surface area contributed by atoms with E-state index in [1.54, 1.807) is 24.3 Å². The van der Waals surface area contributed by atoms with Crippen molar-refractivity contribution in [1.82, 2.24) is 15.9 Å². The van der Waals surface area contributed by atoms with E-state index in [9.17, 15) is 14.4 Å². The summed E-state index contributed by atoms with van der Waals surface area (Å²) in [5, 5.41) is 14.6. The van der Waals surface area contributed by atoms with Gasteiger partial charge in [0.05, 0.1) is 23.9 Å². The lowest BCUT2D eigenvalue weighted by Gasteiger charge is -2.12. The first kappa shape index (κ1) is 25.1. The summed E-state index contributed by atoms with van der Waals surface area (Å²) in [5.41, 5.74) is 8.88. The maximum atomic E-state index is 12.4. The number of carbonyl (C=O) groups excluding carboxylic acids is 3. The standard InChI is InChI=1S/C28H25N5O4/c29-18-20-6-8-21(9-7-20)22-10-12-24(13-11-22)37-19-27(35)31-30-26(34)14-15-28(36)33-17-16-25(32-33)23-4-2-1-3-5-23/h1-13H,14-17,19H2,(H,30,34)(H,31,35). The molecule has 186 valence electrons. The molecule has 0 radical (unpaired) electrons. The molecule has 0 spiro atoms. The van der Waals surface area contributed by atoms with Crippen LogP contribution < -0.4 is 15.6 Å². The van der Waals surface area contributed by atoms with Crippen molar-refractivity contribution in [3.05, 3.63) is 90.0 Å². The van der Waals surface area contributed by atoms with Gasteiger partial charge in [0, 0.05) is 19.3 Å². The zero-order valence-corrected chi connectivity index (χ0v) is 20.0. The summed E-state index contributed by atoms with van der Waals surface area (Å²) in [6.07, 6.45) is 0.564. The van der Waals surface area contributed by atoms with Crippen LogP contribution in [-0.4, -0.2) is 41.6 Å². The summed E-state index contributed by atoms with van der Waals surface area (Å²) in [5.74, 6) is -0.780. The molecule has 1 heterocycles. The van der Waals surface area contributed by atoms with Gasteiger partial charge in [-0.1, -0.05) is 54.6 Å². The van der Waals surface area contributed by atoms with E-state index in [-0.39, 0.29) is 25.4 Å². The molecule has 3 aromatic rings. The maximum absolute atomic E-state index is 12.4. The number of carbonyl (C=O) groups is 3. The van der Waals surface area contributed by atoms with Crippen molar-refractivity contribution in [2.24, 2.45) is 5.10 Å². The predicted octanol–water partition coefficient (Wildman–Crippen LogP) is 3.17. The molecule has 0 aromatic heterocycles. The number of hydrazone groups is 1.